The maximum absolute atomic E-state index is 12.9. The molecular formula is C23H27N5O3S. The Bertz CT molecular complexity index is 1290. The fourth-order valence-corrected chi connectivity index (χ4v) is 5.15. The standard InChI is InChI=1S/C23H27N5O3S/c1-15(2)21(26-22-17-9-4-7-12-20(17)32(30,31)27-22)23(29)24-13-8-14-28-16(3)25-18-10-5-6-11-19(18)28/h4-7,9-12,15,21H,8,13-14H2,1-3H3,(H,24,29)(H,26,27)/t21-/m0/s1. The van der Waals surface area contributed by atoms with Crippen LogP contribution in [0, 0.1) is 12.8 Å². The number of rotatable bonds is 7. The maximum atomic E-state index is 12.9. The third kappa shape index (κ3) is 4.25. The number of carbonyl (C=O) groups excluding carboxylic acids is 1. The molecular weight excluding hydrogens is 426 g/mol. The summed E-state index contributed by atoms with van der Waals surface area (Å²) in [7, 11) is -3.64. The quantitative estimate of drug-likeness (QED) is 0.537. The molecule has 1 aliphatic heterocycles. The van der Waals surface area contributed by atoms with Gasteiger partial charge < -0.3 is 9.88 Å². The summed E-state index contributed by atoms with van der Waals surface area (Å²) in [6.07, 6.45) is 0.740. The number of aliphatic imine (C=N–C) groups is 1. The van der Waals surface area contributed by atoms with Crippen LogP contribution in [0.2, 0.25) is 0 Å². The van der Waals surface area contributed by atoms with Gasteiger partial charge in [-0.2, -0.15) is 0 Å². The first-order chi connectivity index (χ1) is 15.3. The zero-order valence-electron chi connectivity index (χ0n) is 18.4. The Labute approximate surface area is 187 Å². The Hall–Kier alpha value is -3.20. The number of benzene rings is 2. The lowest BCUT2D eigenvalue weighted by atomic mass is 10.0. The Kier molecular flexibility index (Phi) is 6.01. The highest BCUT2D eigenvalue weighted by molar-refractivity contribution is 7.90. The van der Waals surface area contributed by atoms with Crippen molar-refractivity contribution in [3.8, 4) is 0 Å². The van der Waals surface area contributed by atoms with E-state index >= 15 is 0 Å². The second-order valence-electron chi connectivity index (χ2n) is 8.21. The number of fused-ring (bicyclic) bond motifs is 2. The highest BCUT2D eigenvalue weighted by Crippen LogP contribution is 2.23. The third-order valence-electron chi connectivity index (χ3n) is 5.53. The molecule has 0 saturated carbocycles. The van der Waals surface area contributed by atoms with Gasteiger partial charge in [-0.15, -0.1) is 0 Å². The van der Waals surface area contributed by atoms with Crippen LogP contribution in [0.4, 0.5) is 0 Å². The van der Waals surface area contributed by atoms with E-state index in [0.29, 0.717) is 12.1 Å². The molecule has 168 valence electrons. The molecule has 0 radical (unpaired) electrons. The topological polar surface area (TPSA) is 105 Å². The SMILES string of the molecule is Cc1nc2ccccc2n1CCCNC(=O)[C@@H](N=C1NS(=O)(=O)c2ccccc21)C(C)C. The van der Waals surface area contributed by atoms with Gasteiger partial charge in [-0.25, -0.2) is 13.4 Å². The Balaban J connectivity index is 1.42. The van der Waals surface area contributed by atoms with Crippen molar-refractivity contribution in [2.45, 2.75) is 44.7 Å². The fourth-order valence-electron chi connectivity index (χ4n) is 3.91. The summed E-state index contributed by atoms with van der Waals surface area (Å²) in [5.74, 6) is 0.842. The molecule has 2 N–H and O–H groups in total. The van der Waals surface area contributed by atoms with E-state index in [1.807, 2.05) is 45.0 Å². The molecule has 1 amide bonds. The van der Waals surface area contributed by atoms with Crippen molar-refractivity contribution in [3.05, 3.63) is 59.9 Å². The van der Waals surface area contributed by atoms with E-state index in [-0.39, 0.29) is 22.6 Å². The summed E-state index contributed by atoms with van der Waals surface area (Å²) in [4.78, 5) is 22.1. The number of aromatic nitrogens is 2. The van der Waals surface area contributed by atoms with Gasteiger partial charge in [-0.3, -0.25) is 14.5 Å². The highest BCUT2D eigenvalue weighted by Gasteiger charge is 2.32. The first-order valence-electron chi connectivity index (χ1n) is 10.7. The summed E-state index contributed by atoms with van der Waals surface area (Å²) in [5.41, 5.74) is 2.53. The number of amidine groups is 1. The lowest BCUT2D eigenvalue weighted by molar-refractivity contribution is -0.123. The van der Waals surface area contributed by atoms with Crippen molar-refractivity contribution in [1.29, 1.82) is 0 Å². The predicted molar refractivity (Wildman–Crippen MR) is 124 cm³/mol. The van der Waals surface area contributed by atoms with Crippen molar-refractivity contribution in [2.75, 3.05) is 6.54 Å². The molecule has 0 fully saturated rings. The first-order valence-corrected chi connectivity index (χ1v) is 12.2. The van der Waals surface area contributed by atoms with Crippen LogP contribution < -0.4 is 10.0 Å². The van der Waals surface area contributed by atoms with Gasteiger partial charge >= 0.3 is 0 Å². The molecule has 8 nitrogen and oxygen atoms in total. The van der Waals surface area contributed by atoms with E-state index < -0.39 is 16.1 Å². The number of hydrogen-bond donors (Lipinski definition) is 2. The molecule has 32 heavy (non-hydrogen) atoms. The van der Waals surface area contributed by atoms with E-state index in [1.165, 1.54) is 6.07 Å². The second-order valence-corrected chi connectivity index (χ2v) is 9.86. The van der Waals surface area contributed by atoms with Gasteiger partial charge in [0.1, 0.15) is 17.7 Å². The molecule has 9 heteroatoms. The molecule has 2 heterocycles. The predicted octanol–water partition coefficient (Wildman–Crippen LogP) is 2.61. The first kappa shape index (κ1) is 22.0. The Morgan fingerprint density at radius 2 is 1.88 bits per heavy atom. The number of sulfonamides is 1. The van der Waals surface area contributed by atoms with Crippen LogP contribution in [0.15, 0.2) is 58.4 Å². The summed E-state index contributed by atoms with van der Waals surface area (Å²) < 4.78 is 29.3. The molecule has 4 rings (SSSR count). The van der Waals surface area contributed by atoms with Crippen LogP contribution in [0.3, 0.4) is 0 Å². The molecule has 1 aliphatic rings. The van der Waals surface area contributed by atoms with Crippen LogP contribution >= 0.6 is 0 Å². The zero-order valence-corrected chi connectivity index (χ0v) is 19.2. The summed E-state index contributed by atoms with van der Waals surface area (Å²) in [5, 5.41) is 2.96. The molecule has 2 aromatic carbocycles. The van der Waals surface area contributed by atoms with E-state index in [1.54, 1.807) is 18.2 Å². The largest absolute Gasteiger partial charge is 0.354 e. The molecule has 0 saturated heterocycles. The molecule has 0 unspecified atom stereocenters. The summed E-state index contributed by atoms with van der Waals surface area (Å²) in [6, 6.07) is 13.9. The van der Waals surface area contributed by atoms with Gasteiger partial charge in [-0.05, 0) is 43.5 Å². The number of para-hydroxylation sites is 2. The number of hydrogen-bond acceptors (Lipinski definition) is 5. The molecule has 0 spiro atoms. The second kappa shape index (κ2) is 8.74. The minimum atomic E-state index is -3.64. The van der Waals surface area contributed by atoms with Crippen molar-refractivity contribution >= 4 is 32.8 Å². The minimum absolute atomic E-state index is 0.0976. The van der Waals surface area contributed by atoms with Crippen LogP contribution in [-0.2, 0) is 21.4 Å². The monoisotopic (exact) mass is 453 g/mol. The van der Waals surface area contributed by atoms with Gasteiger partial charge in [0.2, 0.25) is 5.91 Å². The molecule has 1 aromatic heterocycles. The number of nitrogens with one attached hydrogen (secondary N) is 2. The van der Waals surface area contributed by atoms with E-state index in [0.717, 1.165) is 29.8 Å². The summed E-state index contributed by atoms with van der Waals surface area (Å²) in [6.45, 7) is 6.99. The van der Waals surface area contributed by atoms with E-state index in [9.17, 15) is 13.2 Å². The van der Waals surface area contributed by atoms with Gasteiger partial charge in [0.15, 0.2) is 0 Å². The fraction of sp³-hybridized carbons (Fsp3) is 0.348. The van der Waals surface area contributed by atoms with Gasteiger partial charge in [-0.1, -0.05) is 38.1 Å². The third-order valence-corrected chi connectivity index (χ3v) is 6.93. The normalized spacial score (nSPS) is 16.8. The minimum Gasteiger partial charge on any atom is -0.354 e. The van der Waals surface area contributed by atoms with Crippen LogP contribution in [-0.4, -0.2) is 42.3 Å². The smallest absolute Gasteiger partial charge is 0.263 e. The van der Waals surface area contributed by atoms with Crippen LogP contribution in [0.1, 0.15) is 31.7 Å². The number of imidazole rings is 1. The van der Waals surface area contributed by atoms with Gasteiger partial charge in [0.05, 0.1) is 15.9 Å². The number of nitrogens with zero attached hydrogens (tertiary/aromatic N) is 3. The molecule has 1 atom stereocenters. The average Bonchev–Trinajstić information content (AvgIpc) is 3.22. The van der Waals surface area contributed by atoms with Crippen LogP contribution in [0.25, 0.3) is 11.0 Å². The zero-order chi connectivity index (χ0) is 22.9. The molecule has 3 aromatic rings. The molecule has 0 aliphatic carbocycles. The highest BCUT2D eigenvalue weighted by atomic mass is 32.2. The number of aryl methyl sites for hydroxylation is 2. The lowest BCUT2D eigenvalue weighted by Crippen LogP contribution is -2.39. The van der Waals surface area contributed by atoms with Crippen molar-refractivity contribution < 1.29 is 13.2 Å². The van der Waals surface area contributed by atoms with E-state index in [4.69, 9.17) is 0 Å². The Morgan fingerprint density at radius 1 is 1.16 bits per heavy atom. The lowest BCUT2D eigenvalue weighted by Gasteiger charge is -2.17. The van der Waals surface area contributed by atoms with Crippen LogP contribution in [0.5, 0.6) is 0 Å². The van der Waals surface area contributed by atoms with Gasteiger partial charge in [0, 0.05) is 18.7 Å². The molecule has 0 bridgehead atoms. The maximum Gasteiger partial charge on any atom is 0.263 e. The average molecular weight is 454 g/mol. The van der Waals surface area contributed by atoms with Crippen molar-refractivity contribution in [2.24, 2.45) is 10.9 Å². The summed E-state index contributed by atoms with van der Waals surface area (Å²) >= 11 is 0. The van der Waals surface area contributed by atoms with Gasteiger partial charge in [0.25, 0.3) is 10.0 Å². The van der Waals surface area contributed by atoms with Crippen molar-refractivity contribution in [1.82, 2.24) is 19.6 Å². The van der Waals surface area contributed by atoms with Crippen molar-refractivity contribution in [3.63, 3.8) is 0 Å². The van der Waals surface area contributed by atoms with E-state index in [2.05, 4.69) is 24.6 Å². The Morgan fingerprint density at radius 3 is 2.66 bits per heavy atom. The number of carbonyl (C=O) groups is 1. The number of amides is 1.